The summed E-state index contributed by atoms with van der Waals surface area (Å²) in [5.74, 6) is 2.26. The zero-order chi connectivity index (χ0) is 9.52. The topological polar surface area (TPSA) is 20.2 Å². The molecule has 0 aliphatic carbocycles. The molecular formula is C12H12O. The van der Waals surface area contributed by atoms with Gasteiger partial charge >= 0.3 is 0 Å². The second-order valence-electron chi connectivity index (χ2n) is 2.73. The highest BCUT2D eigenvalue weighted by molar-refractivity contribution is 5.48. The van der Waals surface area contributed by atoms with E-state index in [0.29, 0.717) is 6.42 Å². The van der Waals surface area contributed by atoms with Crippen LogP contribution >= 0.6 is 0 Å². The predicted octanol–water partition coefficient (Wildman–Crippen LogP) is 2.08. The van der Waals surface area contributed by atoms with Crippen LogP contribution in [0.2, 0.25) is 0 Å². The fourth-order valence-corrected chi connectivity index (χ4v) is 0.965. The minimum absolute atomic E-state index is 0.505. The second-order valence-corrected chi connectivity index (χ2v) is 2.73. The van der Waals surface area contributed by atoms with Gasteiger partial charge in [-0.1, -0.05) is 48.4 Å². The van der Waals surface area contributed by atoms with Crippen molar-refractivity contribution in [3.63, 3.8) is 0 Å². The zero-order valence-electron chi connectivity index (χ0n) is 7.35. The molecule has 0 radical (unpaired) electrons. The highest BCUT2D eigenvalue weighted by Gasteiger charge is 1.92. The van der Waals surface area contributed by atoms with Gasteiger partial charge in [-0.25, -0.2) is 0 Å². The van der Waals surface area contributed by atoms with Crippen LogP contribution in [0.25, 0.3) is 6.08 Å². The highest BCUT2D eigenvalue weighted by Crippen LogP contribution is 2.02. The average Bonchev–Trinajstić information content (AvgIpc) is 2.19. The molecule has 1 aromatic rings. The van der Waals surface area contributed by atoms with Crippen molar-refractivity contribution in [1.29, 1.82) is 0 Å². The van der Waals surface area contributed by atoms with Crippen molar-refractivity contribution in [2.24, 2.45) is 0 Å². The minimum atomic E-state index is -0.667. The lowest BCUT2D eigenvalue weighted by Gasteiger charge is -1.96. The number of aliphatic hydroxyl groups excluding tert-OH is 1. The maximum absolute atomic E-state index is 9.05. The predicted molar refractivity (Wildman–Crippen MR) is 54.9 cm³/mol. The lowest BCUT2D eigenvalue weighted by Crippen LogP contribution is -1.98. The molecule has 1 rings (SSSR count). The average molecular weight is 172 g/mol. The molecule has 13 heavy (non-hydrogen) atoms. The molecule has 0 saturated carbocycles. The quantitative estimate of drug-likeness (QED) is 0.692. The van der Waals surface area contributed by atoms with Crippen molar-refractivity contribution in [3.05, 3.63) is 42.0 Å². The molecule has 0 saturated heterocycles. The molecule has 0 aromatic heterocycles. The van der Waals surface area contributed by atoms with Crippen molar-refractivity contribution in [1.82, 2.24) is 0 Å². The van der Waals surface area contributed by atoms with E-state index in [0.717, 1.165) is 5.56 Å². The van der Waals surface area contributed by atoms with Gasteiger partial charge in [0.1, 0.15) is 6.10 Å². The van der Waals surface area contributed by atoms with E-state index in [1.54, 1.807) is 0 Å². The van der Waals surface area contributed by atoms with Gasteiger partial charge in [0.15, 0.2) is 0 Å². The Bertz CT molecular complexity index is 306. The number of hydrogen-bond donors (Lipinski definition) is 1. The molecule has 1 N–H and O–H groups in total. The maximum atomic E-state index is 9.05. The molecule has 1 nitrogen and oxygen atoms in total. The summed E-state index contributed by atoms with van der Waals surface area (Å²) in [6.07, 6.45) is 8.68. The van der Waals surface area contributed by atoms with Crippen LogP contribution in [0.1, 0.15) is 12.0 Å². The maximum Gasteiger partial charge on any atom is 0.117 e. The Hall–Kier alpha value is -1.52. The number of aliphatic hydroxyl groups is 1. The number of rotatable bonds is 3. The fraction of sp³-hybridized carbons (Fsp3) is 0.167. The molecule has 1 unspecified atom stereocenters. The summed E-state index contributed by atoms with van der Waals surface area (Å²) < 4.78 is 0. The molecule has 0 amide bonds. The number of hydrogen-bond acceptors (Lipinski definition) is 1. The van der Waals surface area contributed by atoms with Crippen molar-refractivity contribution in [2.45, 2.75) is 12.5 Å². The van der Waals surface area contributed by atoms with Gasteiger partial charge < -0.3 is 5.11 Å². The molecule has 1 atom stereocenters. The van der Waals surface area contributed by atoms with E-state index in [1.165, 1.54) is 0 Å². The fourth-order valence-electron chi connectivity index (χ4n) is 0.965. The van der Waals surface area contributed by atoms with Crippen LogP contribution in [-0.2, 0) is 0 Å². The van der Waals surface area contributed by atoms with Gasteiger partial charge in [0.2, 0.25) is 0 Å². The Labute approximate surface area is 78.7 Å². The Morgan fingerprint density at radius 2 is 2.08 bits per heavy atom. The normalized spacial score (nSPS) is 12.6. The first-order valence-corrected chi connectivity index (χ1v) is 4.18. The second kappa shape index (κ2) is 5.18. The summed E-state index contributed by atoms with van der Waals surface area (Å²) in [5.41, 5.74) is 1.12. The van der Waals surface area contributed by atoms with E-state index in [2.05, 4.69) is 5.92 Å². The minimum Gasteiger partial charge on any atom is -0.380 e. The molecule has 1 aromatic carbocycles. The Morgan fingerprint density at radius 3 is 2.69 bits per heavy atom. The summed E-state index contributed by atoms with van der Waals surface area (Å²) in [6, 6.07) is 9.90. The largest absolute Gasteiger partial charge is 0.380 e. The van der Waals surface area contributed by atoms with E-state index in [9.17, 15) is 0 Å². The third-order valence-electron chi connectivity index (χ3n) is 1.66. The lowest BCUT2D eigenvalue weighted by atomic mass is 10.2. The van der Waals surface area contributed by atoms with E-state index in [1.807, 2.05) is 42.5 Å². The summed E-state index contributed by atoms with van der Waals surface area (Å²) in [5, 5.41) is 9.05. The molecule has 0 heterocycles. The van der Waals surface area contributed by atoms with Crippen LogP contribution < -0.4 is 0 Å². The van der Waals surface area contributed by atoms with Gasteiger partial charge in [0.25, 0.3) is 0 Å². The van der Waals surface area contributed by atoms with E-state index < -0.39 is 6.10 Å². The third-order valence-corrected chi connectivity index (χ3v) is 1.66. The van der Waals surface area contributed by atoms with E-state index >= 15 is 0 Å². The zero-order valence-corrected chi connectivity index (χ0v) is 7.35. The van der Waals surface area contributed by atoms with Crippen molar-refractivity contribution in [3.8, 4) is 12.3 Å². The van der Waals surface area contributed by atoms with Gasteiger partial charge in [-0.15, -0.1) is 6.42 Å². The van der Waals surface area contributed by atoms with Gasteiger partial charge in [0, 0.05) is 6.42 Å². The van der Waals surface area contributed by atoms with Crippen LogP contribution in [0.3, 0.4) is 0 Å². The Kier molecular flexibility index (Phi) is 3.81. The van der Waals surface area contributed by atoms with Gasteiger partial charge in [0.05, 0.1) is 0 Å². The van der Waals surface area contributed by atoms with Crippen LogP contribution in [0.5, 0.6) is 0 Å². The lowest BCUT2D eigenvalue weighted by molar-refractivity contribution is 0.237. The van der Waals surface area contributed by atoms with Crippen molar-refractivity contribution >= 4 is 6.08 Å². The molecule has 66 valence electrons. The molecule has 0 bridgehead atoms. The summed E-state index contributed by atoms with van der Waals surface area (Å²) in [4.78, 5) is 0. The van der Waals surface area contributed by atoms with Crippen molar-refractivity contribution < 1.29 is 5.11 Å². The Balaban J connectivity index is 2.47. The summed E-state index contributed by atoms with van der Waals surface area (Å²) >= 11 is 0. The van der Waals surface area contributed by atoms with Crippen LogP contribution in [0.4, 0.5) is 0 Å². The monoisotopic (exact) mass is 172 g/mol. The first kappa shape index (κ1) is 9.57. The van der Waals surface area contributed by atoms with Gasteiger partial charge in [-0.3, -0.25) is 0 Å². The summed E-state index contributed by atoms with van der Waals surface area (Å²) in [6.45, 7) is 0. The molecule has 0 aliphatic heterocycles. The van der Waals surface area contributed by atoms with Crippen molar-refractivity contribution in [2.75, 3.05) is 0 Å². The highest BCUT2D eigenvalue weighted by atomic mass is 16.3. The van der Waals surface area contributed by atoms with Crippen LogP contribution in [-0.4, -0.2) is 11.2 Å². The van der Waals surface area contributed by atoms with Gasteiger partial charge in [-0.2, -0.15) is 0 Å². The number of terminal acetylenes is 1. The van der Waals surface area contributed by atoms with E-state index in [4.69, 9.17) is 11.5 Å². The first-order valence-electron chi connectivity index (χ1n) is 4.18. The number of benzene rings is 1. The molecule has 1 heteroatoms. The van der Waals surface area contributed by atoms with E-state index in [-0.39, 0.29) is 0 Å². The van der Waals surface area contributed by atoms with Gasteiger partial charge in [-0.05, 0) is 5.56 Å². The smallest absolute Gasteiger partial charge is 0.117 e. The van der Waals surface area contributed by atoms with Crippen LogP contribution in [0.15, 0.2) is 36.4 Å². The molecule has 0 fully saturated rings. The third kappa shape index (κ3) is 3.59. The molecule has 0 aliphatic rings. The SMILES string of the molecule is C#CC(O)CC=Cc1ccccc1. The molecular weight excluding hydrogens is 160 g/mol. The molecule has 0 spiro atoms. The first-order chi connectivity index (χ1) is 6.33. The standard InChI is InChI=1S/C12H12O/c1-2-12(13)10-6-9-11-7-4-3-5-8-11/h1,3-9,12-13H,10H2. The Morgan fingerprint density at radius 1 is 1.38 bits per heavy atom. The summed E-state index contributed by atoms with van der Waals surface area (Å²) in [7, 11) is 0. The van der Waals surface area contributed by atoms with Crippen LogP contribution in [0, 0.1) is 12.3 Å².